The van der Waals surface area contributed by atoms with Gasteiger partial charge in [-0.1, -0.05) is 38.5 Å². The average Bonchev–Trinajstić information content (AvgIpc) is 2.66. The highest BCUT2D eigenvalue weighted by molar-refractivity contribution is 6.20. The van der Waals surface area contributed by atoms with Crippen molar-refractivity contribution in [3.8, 4) is 0 Å². The molecule has 110 valence electrons. The molecule has 19 heavy (non-hydrogen) atoms. The Kier molecular flexibility index (Phi) is 6.49. The molecule has 2 aliphatic rings. The molecule has 0 radical (unpaired) electrons. The number of hydrogen-bond donors (Lipinski definition) is 1. The summed E-state index contributed by atoms with van der Waals surface area (Å²) < 4.78 is 0. The van der Waals surface area contributed by atoms with Gasteiger partial charge < -0.3 is 5.32 Å². The quantitative estimate of drug-likeness (QED) is 0.607. The summed E-state index contributed by atoms with van der Waals surface area (Å²) in [6.45, 7) is 0.791. The van der Waals surface area contributed by atoms with Gasteiger partial charge in [-0.05, 0) is 37.5 Å². The van der Waals surface area contributed by atoms with Gasteiger partial charge in [0.1, 0.15) is 0 Å². The second-order valence-electron chi connectivity index (χ2n) is 6.43. The molecule has 2 nitrogen and oxygen atoms in total. The van der Waals surface area contributed by atoms with Gasteiger partial charge in [0.25, 0.3) is 0 Å². The second-order valence-corrected chi connectivity index (χ2v) is 6.99. The average molecular weight is 286 g/mol. The van der Waals surface area contributed by atoms with Gasteiger partial charge in [0.2, 0.25) is 5.91 Å². The number of carbonyl (C=O) groups is 1. The van der Waals surface area contributed by atoms with Crippen molar-refractivity contribution in [2.45, 2.75) is 76.0 Å². The van der Waals surface area contributed by atoms with Crippen LogP contribution < -0.4 is 5.32 Å². The summed E-state index contributed by atoms with van der Waals surface area (Å²) in [5.74, 6) is 1.37. The normalized spacial score (nSPS) is 29.7. The van der Waals surface area contributed by atoms with Crippen LogP contribution in [0.2, 0.25) is 0 Å². The van der Waals surface area contributed by atoms with Crippen LogP contribution >= 0.6 is 11.6 Å². The first-order chi connectivity index (χ1) is 9.25. The van der Waals surface area contributed by atoms with Crippen molar-refractivity contribution in [1.29, 1.82) is 0 Å². The van der Waals surface area contributed by atoms with Crippen LogP contribution in [0.5, 0.6) is 0 Å². The molecule has 0 heterocycles. The van der Waals surface area contributed by atoms with Crippen molar-refractivity contribution in [3.05, 3.63) is 0 Å². The van der Waals surface area contributed by atoms with E-state index < -0.39 is 0 Å². The third-order valence-electron chi connectivity index (χ3n) is 4.83. The SMILES string of the molecule is O=C(CC1CCCCCC1)NCC1CCCCC1Cl. The second kappa shape index (κ2) is 8.14. The Hall–Kier alpha value is -0.240. The lowest BCUT2D eigenvalue weighted by Crippen LogP contribution is -2.35. The largest absolute Gasteiger partial charge is 0.356 e. The van der Waals surface area contributed by atoms with E-state index in [0.29, 0.717) is 11.8 Å². The van der Waals surface area contributed by atoms with Gasteiger partial charge in [-0.15, -0.1) is 11.6 Å². The third-order valence-corrected chi connectivity index (χ3v) is 5.40. The summed E-state index contributed by atoms with van der Waals surface area (Å²) in [5.41, 5.74) is 0. The molecule has 0 spiro atoms. The van der Waals surface area contributed by atoms with E-state index >= 15 is 0 Å². The van der Waals surface area contributed by atoms with Crippen LogP contribution in [0.15, 0.2) is 0 Å². The van der Waals surface area contributed by atoms with E-state index in [1.807, 2.05) is 0 Å². The van der Waals surface area contributed by atoms with Crippen molar-refractivity contribution in [2.75, 3.05) is 6.54 Å². The molecule has 0 aromatic rings. The number of amides is 1. The third kappa shape index (κ3) is 5.33. The Bertz CT molecular complexity index is 274. The fourth-order valence-electron chi connectivity index (χ4n) is 3.54. The van der Waals surface area contributed by atoms with Crippen LogP contribution in [0, 0.1) is 11.8 Å². The predicted octanol–water partition coefficient (Wildman–Crippen LogP) is 4.26. The molecular weight excluding hydrogens is 258 g/mol. The Morgan fingerprint density at radius 3 is 2.26 bits per heavy atom. The summed E-state index contributed by atoms with van der Waals surface area (Å²) in [6.07, 6.45) is 13.4. The molecule has 0 aliphatic heterocycles. The van der Waals surface area contributed by atoms with Crippen molar-refractivity contribution in [1.82, 2.24) is 5.32 Å². The van der Waals surface area contributed by atoms with Crippen LogP contribution in [0.1, 0.15) is 70.6 Å². The van der Waals surface area contributed by atoms with Crippen molar-refractivity contribution < 1.29 is 4.79 Å². The topological polar surface area (TPSA) is 29.1 Å². The molecule has 2 rings (SSSR count). The van der Waals surface area contributed by atoms with Crippen molar-refractivity contribution in [2.24, 2.45) is 11.8 Å². The fraction of sp³-hybridized carbons (Fsp3) is 0.938. The van der Waals surface area contributed by atoms with Crippen molar-refractivity contribution in [3.63, 3.8) is 0 Å². The first-order valence-corrected chi connectivity index (χ1v) is 8.60. The summed E-state index contributed by atoms with van der Waals surface area (Å²) in [6, 6.07) is 0. The highest BCUT2D eigenvalue weighted by atomic mass is 35.5. The molecule has 1 amide bonds. The first kappa shape index (κ1) is 15.2. The molecule has 3 heteroatoms. The highest BCUT2D eigenvalue weighted by Gasteiger charge is 2.24. The number of alkyl halides is 1. The van der Waals surface area contributed by atoms with Gasteiger partial charge in [0.05, 0.1) is 0 Å². The van der Waals surface area contributed by atoms with E-state index in [4.69, 9.17) is 11.6 Å². The van der Waals surface area contributed by atoms with Gasteiger partial charge in [-0.3, -0.25) is 4.79 Å². The highest BCUT2D eigenvalue weighted by Crippen LogP contribution is 2.28. The molecule has 0 aromatic carbocycles. The van der Waals surface area contributed by atoms with Crippen LogP contribution in [-0.4, -0.2) is 17.8 Å². The Balaban J connectivity index is 1.65. The van der Waals surface area contributed by atoms with Crippen molar-refractivity contribution >= 4 is 17.5 Å². The van der Waals surface area contributed by atoms with Gasteiger partial charge in [-0.25, -0.2) is 0 Å². The minimum atomic E-state index is 0.251. The molecule has 2 aliphatic carbocycles. The number of carbonyl (C=O) groups excluding carboxylic acids is 1. The molecule has 2 unspecified atom stereocenters. The molecule has 0 saturated heterocycles. The monoisotopic (exact) mass is 285 g/mol. The van der Waals surface area contributed by atoms with E-state index in [-0.39, 0.29) is 11.3 Å². The number of nitrogens with one attached hydrogen (secondary N) is 1. The van der Waals surface area contributed by atoms with E-state index in [2.05, 4.69) is 5.32 Å². The zero-order valence-corrected chi connectivity index (χ0v) is 12.8. The lowest BCUT2D eigenvalue weighted by Gasteiger charge is -2.27. The van der Waals surface area contributed by atoms with E-state index in [9.17, 15) is 4.79 Å². The molecular formula is C16H28ClNO. The standard InChI is InChI=1S/C16H28ClNO/c17-15-10-6-5-9-14(15)12-18-16(19)11-13-7-3-1-2-4-8-13/h13-15H,1-12H2,(H,18,19). The lowest BCUT2D eigenvalue weighted by atomic mass is 9.88. The van der Waals surface area contributed by atoms with Crippen LogP contribution in [-0.2, 0) is 4.79 Å². The molecule has 2 atom stereocenters. The summed E-state index contributed by atoms with van der Waals surface area (Å²) in [5, 5.41) is 3.40. The Morgan fingerprint density at radius 2 is 1.58 bits per heavy atom. The molecule has 1 N–H and O–H groups in total. The fourth-order valence-corrected chi connectivity index (χ4v) is 3.91. The van der Waals surface area contributed by atoms with Gasteiger partial charge in [-0.2, -0.15) is 0 Å². The minimum absolute atomic E-state index is 0.251. The minimum Gasteiger partial charge on any atom is -0.356 e. The predicted molar refractivity (Wildman–Crippen MR) is 80.4 cm³/mol. The summed E-state index contributed by atoms with van der Waals surface area (Å²) in [4.78, 5) is 12.0. The molecule has 2 fully saturated rings. The summed E-state index contributed by atoms with van der Waals surface area (Å²) >= 11 is 6.33. The molecule has 0 bridgehead atoms. The zero-order chi connectivity index (χ0) is 13.5. The number of hydrogen-bond acceptors (Lipinski definition) is 1. The number of halogens is 1. The lowest BCUT2D eigenvalue weighted by molar-refractivity contribution is -0.122. The Morgan fingerprint density at radius 1 is 0.947 bits per heavy atom. The van der Waals surface area contributed by atoms with Gasteiger partial charge >= 0.3 is 0 Å². The van der Waals surface area contributed by atoms with Gasteiger partial charge in [0, 0.05) is 18.3 Å². The van der Waals surface area contributed by atoms with Gasteiger partial charge in [0.15, 0.2) is 0 Å². The van der Waals surface area contributed by atoms with Crippen LogP contribution in [0.25, 0.3) is 0 Å². The zero-order valence-electron chi connectivity index (χ0n) is 12.0. The van der Waals surface area contributed by atoms with Crippen LogP contribution in [0.3, 0.4) is 0 Å². The number of rotatable bonds is 4. The maximum absolute atomic E-state index is 12.0. The summed E-state index contributed by atoms with van der Waals surface area (Å²) in [7, 11) is 0. The Labute approximate surface area is 122 Å². The first-order valence-electron chi connectivity index (χ1n) is 8.16. The van der Waals surface area contributed by atoms with E-state index in [1.54, 1.807) is 0 Å². The van der Waals surface area contributed by atoms with Crippen LogP contribution in [0.4, 0.5) is 0 Å². The maximum Gasteiger partial charge on any atom is 0.220 e. The van der Waals surface area contributed by atoms with E-state index in [0.717, 1.165) is 19.4 Å². The smallest absolute Gasteiger partial charge is 0.220 e. The van der Waals surface area contributed by atoms with E-state index in [1.165, 1.54) is 57.8 Å². The molecule has 2 saturated carbocycles. The maximum atomic E-state index is 12.0. The molecule has 0 aromatic heterocycles.